The number of likely N-dealkylation sites (N-methyl/N-ethyl adjacent to an activating group) is 1. The van der Waals surface area contributed by atoms with Crippen LogP contribution in [0.25, 0.3) is 0 Å². The van der Waals surface area contributed by atoms with Gasteiger partial charge in [0.05, 0.1) is 5.56 Å². The summed E-state index contributed by atoms with van der Waals surface area (Å²) in [5, 5.41) is 5.95. The van der Waals surface area contributed by atoms with Gasteiger partial charge in [0, 0.05) is 26.2 Å². The number of halogens is 4. The van der Waals surface area contributed by atoms with Crippen LogP contribution in [0.1, 0.15) is 31.9 Å². The molecular weight excluding hydrogens is 336 g/mol. The third-order valence-electron chi connectivity index (χ3n) is 4.05. The number of hydrogen-bond acceptors (Lipinski definition) is 2. The molecule has 0 aliphatic heterocycles. The SMILES string of the molecule is CCN(CC)C(C)CNC(=NC)NCc1ccc(F)cc1C(F)(F)F. The quantitative estimate of drug-likeness (QED) is 0.444. The third kappa shape index (κ3) is 6.53. The van der Waals surface area contributed by atoms with E-state index >= 15 is 0 Å². The van der Waals surface area contributed by atoms with Crippen LogP contribution in [0.4, 0.5) is 17.6 Å². The molecule has 1 rings (SSSR count). The van der Waals surface area contributed by atoms with Crippen molar-refractivity contribution in [2.75, 3.05) is 26.7 Å². The van der Waals surface area contributed by atoms with E-state index in [0.29, 0.717) is 18.6 Å². The predicted octanol–water partition coefficient (Wildman–Crippen LogP) is 3.24. The van der Waals surface area contributed by atoms with Gasteiger partial charge in [0.25, 0.3) is 0 Å². The van der Waals surface area contributed by atoms with E-state index in [0.717, 1.165) is 25.2 Å². The Morgan fingerprint density at radius 2 is 1.84 bits per heavy atom. The number of rotatable bonds is 7. The van der Waals surface area contributed by atoms with Crippen LogP contribution < -0.4 is 10.6 Å². The molecule has 0 saturated carbocycles. The highest BCUT2D eigenvalue weighted by Crippen LogP contribution is 2.32. The molecule has 1 aromatic rings. The molecule has 0 saturated heterocycles. The van der Waals surface area contributed by atoms with Gasteiger partial charge >= 0.3 is 6.18 Å². The Bertz CT molecular complexity index is 568. The summed E-state index contributed by atoms with van der Waals surface area (Å²) in [5.74, 6) is -0.511. The van der Waals surface area contributed by atoms with Gasteiger partial charge in [-0.15, -0.1) is 0 Å². The molecule has 0 aliphatic carbocycles. The number of benzene rings is 1. The summed E-state index contributed by atoms with van der Waals surface area (Å²) in [6.07, 6.45) is -4.60. The van der Waals surface area contributed by atoms with E-state index in [1.807, 2.05) is 0 Å². The second-order valence-electron chi connectivity index (χ2n) is 5.68. The van der Waals surface area contributed by atoms with Crippen molar-refractivity contribution in [2.24, 2.45) is 4.99 Å². The lowest BCUT2D eigenvalue weighted by atomic mass is 10.1. The summed E-state index contributed by atoms with van der Waals surface area (Å²) >= 11 is 0. The fourth-order valence-corrected chi connectivity index (χ4v) is 2.59. The second kappa shape index (κ2) is 9.60. The molecule has 8 heteroatoms. The first-order chi connectivity index (χ1) is 11.7. The molecule has 0 bridgehead atoms. The first-order valence-electron chi connectivity index (χ1n) is 8.27. The summed E-state index contributed by atoms with van der Waals surface area (Å²) in [5.41, 5.74) is -1.01. The van der Waals surface area contributed by atoms with Crippen LogP contribution in [0.15, 0.2) is 23.2 Å². The topological polar surface area (TPSA) is 39.7 Å². The van der Waals surface area contributed by atoms with E-state index in [2.05, 4.69) is 41.3 Å². The maximum atomic E-state index is 13.1. The zero-order valence-corrected chi connectivity index (χ0v) is 15.0. The molecule has 0 spiro atoms. The summed E-state index contributed by atoms with van der Waals surface area (Å²) in [6, 6.07) is 2.92. The molecule has 0 fully saturated rings. The van der Waals surface area contributed by atoms with Crippen LogP contribution in [-0.4, -0.2) is 43.6 Å². The largest absolute Gasteiger partial charge is 0.416 e. The van der Waals surface area contributed by atoms with Crippen molar-refractivity contribution in [3.05, 3.63) is 35.1 Å². The van der Waals surface area contributed by atoms with E-state index in [9.17, 15) is 17.6 Å². The van der Waals surface area contributed by atoms with Crippen molar-refractivity contribution in [1.29, 1.82) is 0 Å². The minimum Gasteiger partial charge on any atom is -0.355 e. The first-order valence-corrected chi connectivity index (χ1v) is 8.27. The summed E-state index contributed by atoms with van der Waals surface area (Å²) in [7, 11) is 1.55. The summed E-state index contributed by atoms with van der Waals surface area (Å²) in [4.78, 5) is 6.27. The van der Waals surface area contributed by atoms with E-state index in [4.69, 9.17) is 0 Å². The maximum absolute atomic E-state index is 13.1. The van der Waals surface area contributed by atoms with Crippen LogP contribution in [0.3, 0.4) is 0 Å². The number of nitrogens with zero attached hydrogens (tertiary/aromatic N) is 2. The van der Waals surface area contributed by atoms with Gasteiger partial charge in [0.15, 0.2) is 5.96 Å². The van der Waals surface area contributed by atoms with Crippen molar-refractivity contribution < 1.29 is 17.6 Å². The van der Waals surface area contributed by atoms with E-state index in [1.54, 1.807) is 7.05 Å². The fourth-order valence-electron chi connectivity index (χ4n) is 2.59. The highest BCUT2D eigenvalue weighted by molar-refractivity contribution is 5.79. The Morgan fingerprint density at radius 3 is 2.36 bits per heavy atom. The predicted molar refractivity (Wildman–Crippen MR) is 92.0 cm³/mol. The Hall–Kier alpha value is -1.83. The average molecular weight is 362 g/mol. The highest BCUT2D eigenvalue weighted by Gasteiger charge is 2.33. The minimum atomic E-state index is -4.60. The molecule has 25 heavy (non-hydrogen) atoms. The van der Waals surface area contributed by atoms with Gasteiger partial charge in [-0.3, -0.25) is 9.89 Å². The maximum Gasteiger partial charge on any atom is 0.416 e. The lowest BCUT2D eigenvalue weighted by molar-refractivity contribution is -0.138. The van der Waals surface area contributed by atoms with Crippen LogP contribution in [0, 0.1) is 5.82 Å². The molecular formula is C17H26F4N4. The number of alkyl halides is 3. The number of guanidine groups is 1. The Morgan fingerprint density at radius 1 is 1.20 bits per heavy atom. The molecule has 0 aromatic heterocycles. The van der Waals surface area contributed by atoms with Crippen LogP contribution in [-0.2, 0) is 12.7 Å². The van der Waals surface area contributed by atoms with E-state index < -0.39 is 17.6 Å². The number of hydrogen-bond donors (Lipinski definition) is 2. The van der Waals surface area contributed by atoms with Crippen molar-refractivity contribution in [1.82, 2.24) is 15.5 Å². The van der Waals surface area contributed by atoms with Crippen LogP contribution in [0.5, 0.6) is 0 Å². The second-order valence-corrected chi connectivity index (χ2v) is 5.68. The molecule has 0 radical (unpaired) electrons. The lowest BCUT2D eigenvalue weighted by Gasteiger charge is -2.27. The molecule has 2 N–H and O–H groups in total. The lowest BCUT2D eigenvalue weighted by Crippen LogP contribution is -2.45. The number of nitrogens with one attached hydrogen (secondary N) is 2. The van der Waals surface area contributed by atoms with Crippen molar-refractivity contribution in [3.8, 4) is 0 Å². The molecule has 1 atom stereocenters. The number of aliphatic imine (C=N–C) groups is 1. The van der Waals surface area contributed by atoms with Gasteiger partial charge in [-0.1, -0.05) is 19.9 Å². The normalized spacial score (nSPS) is 13.9. The first kappa shape index (κ1) is 21.2. The molecule has 1 unspecified atom stereocenters. The van der Waals surface area contributed by atoms with Crippen molar-refractivity contribution >= 4 is 5.96 Å². The average Bonchev–Trinajstić information content (AvgIpc) is 2.56. The Balaban J connectivity index is 2.70. The third-order valence-corrected chi connectivity index (χ3v) is 4.05. The molecule has 0 amide bonds. The molecule has 0 aliphatic rings. The van der Waals surface area contributed by atoms with Gasteiger partial charge in [0.1, 0.15) is 5.82 Å². The van der Waals surface area contributed by atoms with Gasteiger partial charge in [-0.2, -0.15) is 13.2 Å². The molecule has 4 nitrogen and oxygen atoms in total. The van der Waals surface area contributed by atoms with Crippen LogP contribution in [0.2, 0.25) is 0 Å². The van der Waals surface area contributed by atoms with Gasteiger partial charge < -0.3 is 10.6 Å². The Labute approximate surface area is 146 Å². The highest BCUT2D eigenvalue weighted by atomic mass is 19.4. The summed E-state index contributed by atoms with van der Waals surface area (Å²) < 4.78 is 52.2. The van der Waals surface area contributed by atoms with Crippen molar-refractivity contribution in [3.63, 3.8) is 0 Å². The zero-order valence-electron chi connectivity index (χ0n) is 15.0. The molecule has 142 valence electrons. The summed E-state index contributed by atoms with van der Waals surface area (Å²) in [6.45, 7) is 8.53. The molecule has 1 aromatic carbocycles. The van der Waals surface area contributed by atoms with Gasteiger partial charge in [-0.25, -0.2) is 4.39 Å². The van der Waals surface area contributed by atoms with Crippen LogP contribution >= 0.6 is 0 Å². The van der Waals surface area contributed by atoms with Gasteiger partial charge in [-0.05, 0) is 37.7 Å². The zero-order chi connectivity index (χ0) is 19.0. The smallest absolute Gasteiger partial charge is 0.355 e. The van der Waals surface area contributed by atoms with Crippen molar-refractivity contribution in [2.45, 2.75) is 39.5 Å². The van der Waals surface area contributed by atoms with E-state index in [1.165, 1.54) is 0 Å². The standard InChI is InChI=1S/C17H26F4N4/c1-5-25(6-2)12(3)10-23-16(22-4)24-11-13-7-8-14(18)9-15(13)17(19,20)21/h7-9,12H,5-6,10-11H2,1-4H3,(H2,22,23,24). The monoisotopic (exact) mass is 362 g/mol. The minimum absolute atomic E-state index is 0.0337. The van der Waals surface area contributed by atoms with Gasteiger partial charge in [0.2, 0.25) is 0 Å². The van der Waals surface area contributed by atoms with E-state index in [-0.39, 0.29) is 18.2 Å². The molecule has 0 heterocycles. The Kier molecular flexibility index (Phi) is 8.15. The fraction of sp³-hybridized carbons (Fsp3) is 0.588.